The maximum absolute atomic E-state index is 12.1. The van der Waals surface area contributed by atoms with Crippen LogP contribution in [0.1, 0.15) is 18.5 Å². The minimum Gasteiger partial charge on any atom is -0.362 e. The SMILES string of the molecule is N#CC1CN(C(=O)C=Cc2ccc[nH]2)CCN1C1CC1. The first-order chi connectivity index (χ1) is 9.78. The second-order valence-corrected chi connectivity index (χ2v) is 5.36. The number of nitrogens with zero attached hydrogens (tertiary/aromatic N) is 3. The lowest BCUT2D eigenvalue weighted by Crippen LogP contribution is -2.54. The lowest BCUT2D eigenvalue weighted by Gasteiger charge is -2.38. The van der Waals surface area contributed by atoms with Gasteiger partial charge in [0.05, 0.1) is 6.07 Å². The molecule has 1 amide bonds. The van der Waals surface area contributed by atoms with Crippen LogP contribution in [0.4, 0.5) is 0 Å². The molecule has 2 heterocycles. The summed E-state index contributed by atoms with van der Waals surface area (Å²) < 4.78 is 0. The summed E-state index contributed by atoms with van der Waals surface area (Å²) in [5, 5.41) is 9.27. The van der Waals surface area contributed by atoms with Crippen molar-refractivity contribution in [3.8, 4) is 6.07 Å². The standard InChI is InChI=1S/C15H18N4O/c16-10-14-11-18(8-9-19(14)13-4-5-13)15(20)6-3-12-2-1-7-17-12/h1-3,6-7,13-14,17H,4-5,8-9,11H2. The molecule has 3 rings (SSSR count). The number of piperazine rings is 1. The summed E-state index contributed by atoms with van der Waals surface area (Å²) in [6.45, 7) is 2.04. The number of nitriles is 1. The van der Waals surface area contributed by atoms with Crippen LogP contribution < -0.4 is 0 Å². The zero-order valence-corrected chi connectivity index (χ0v) is 11.3. The zero-order chi connectivity index (χ0) is 13.9. The van der Waals surface area contributed by atoms with Crippen LogP contribution in [-0.2, 0) is 4.79 Å². The van der Waals surface area contributed by atoms with Gasteiger partial charge in [-0.05, 0) is 31.1 Å². The van der Waals surface area contributed by atoms with Crippen LogP contribution in [-0.4, -0.2) is 52.4 Å². The van der Waals surface area contributed by atoms with E-state index in [4.69, 9.17) is 0 Å². The topological polar surface area (TPSA) is 63.1 Å². The van der Waals surface area contributed by atoms with Gasteiger partial charge in [-0.3, -0.25) is 9.69 Å². The van der Waals surface area contributed by atoms with Gasteiger partial charge in [-0.15, -0.1) is 0 Å². The van der Waals surface area contributed by atoms with E-state index in [-0.39, 0.29) is 11.9 Å². The van der Waals surface area contributed by atoms with Crippen LogP contribution in [0.15, 0.2) is 24.4 Å². The van der Waals surface area contributed by atoms with E-state index in [2.05, 4.69) is 16.0 Å². The van der Waals surface area contributed by atoms with Crippen LogP contribution in [0.3, 0.4) is 0 Å². The van der Waals surface area contributed by atoms with Crippen molar-refractivity contribution in [2.45, 2.75) is 24.9 Å². The molecule has 104 valence electrons. The second-order valence-electron chi connectivity index (χ2n) is 5.36. The Morgan fingerprint density at radius 1 is 1.45 bits per heavy atom. The summed E-state index contributed by atoms with van der Waals surface area (Å²) in [6.07, 6.45) is 7.56. The van der Waals surface area contributed by atoms with Gasteiger partial charge in [0.2, 0.25) is 5.91 Å². The minimum absolute atomic E-state index is 0.0182. The van der Waals surface area contributed by atoms with E-state index >= 15 is 0 Å². The lowest BCUT2D eigenvalue weighted by molar-refractivity contribution is -0.128. The number of carbonyl (C=O) groups excluding carboxylic acids is 1. The Balaban J connectivity index is 1.60. The smallest absolute Gasteiger partial charge is 0.246 e. The van der Waals surface area contributed by atoms with E-state index in [1.807, 2.05) is 18.3 Å². The van der Waals surface area contributed by atoms with Gasteiger partial charge in [0.25, 0.3) is 0 Å². The molecule has 1 N–H and O–H groups in total. The fourth-order valence-corrected chi connectivity index (χ4v) is 2.67. The minimum atomic E-state index is -0.154. The predicted octanol–water partition coefficient (Wildman–Crippen LogP) is 1.23. The highest BCUT2D eigenvalue weighted by molar-refractivity contribution is 5.91. The van der Waals surface area contributed by atoms with Crippen LogP contribution in [0.25, 0.3) is 6.08 Å². The van der Waals surface area contributed by atoms with Gasteiger partial charge in [-0.1, -0.05) is 0 Å². The lowest BCUT2D eigenvalue weighted by atomic mass is 10.1. The van der Waals surface area contributed by atoms with Crippen molar-refractivity contribution in [1.29, 1.82) is 5.26 Å². The Hall–Kier alpha value is -2.06. The molecule has 1 aromatic heterocycles. The van der Waals surface area contributed by atoms with Gasteiger partial charge in [0, 0.05) is 43.6 Å². The fraction of sp³-hybridized carbons (Fsp3) is 0.467. The van der Waals surface area contributed by atoms with Gasteiger partial charge in [-0.2, -0.15) is 5.26 Å². The van der Waals surface area contributed by atoms with Gasteiger partial charge >= 0.3 is 0 Å². The number of rotatable bonds is 3. The third-order valence-electron chi connectivity index (χ3n) is 3.93. The number of aromatic nitrogens is 1. The quantitative estimate of drug-likeness (QED) is 0.840. The first kappa shape index (κ1) is 12.9. The number of H-pyrrole nitrogens is 1. The molecule has 1 aliphatic heterocycles. The molecule has 0 radical (unpaired) electrons. The van der Waals surface area contributed by atoms with E-state index in [9.17, 15) is 10.1 Å². The normalized spacial score (nSPS) is 23.9. The molecular formula is C15H18N4O. The van der Waals surface area contributed by atoms with Crippen molar-refractivity contribution < 1.29 is 4.79 Å². The summed E-state index contributed by atoms with van der Waals surface area (Å²) in [5.41, 5.74) is 0.909. The molecular weight excluding hydrogens is 252 g/mol. The predicted molar refractivity (Wildman–Crippen MR) is 75.5 cm³/mol. The molecule has 2 aliphatic rings. The highest BCUT2D eigenvalue weighted by atomic mass is 16.2. The van der Waals surface area contributed by atoms with Crippen molar-refractivity contribution in [2.24, 2.45) is 0 Å². The van der Waals surface area contributed by atoms with Crippen molar-refractivity contribution in [2.75, 3.05) is 19.6 Å². The zero-order valence-electron chi connectivity index (χ0n) is 11.3. The Kier molecular flexibility index (Phi) is 3.57. The maximum Gasteiger partial charge on any atom is 0.246 e. The van der Waals surface area contributed by atoms with Crippen LogP contribution in [0.5, 0.6) is 0 Å². The molecule has 1 unspecified atom stereocenters. The Morgan fingerprint density at radius 3 is 2.95 bits per heavy atom. The van der Waals surface area contributed by atoms with E-state index in [0.29, 0.717) is 19.1 Å². The Labute approximate surface area is 118 Å². The van der Waals surface area contributed by atoms with Crippen molar-refractivity contribution in [3.63, 3.8) is 0 Å². The van der Waals surface area contributed by atoms with Gasteiger partial charge in [0.15, 0.2) is 0 Å². The molecule has 20 heavy (non-hydrogen) atoms. The van der Waals surface area contributed by atoms with Crippen molar-refractivity contribution in [3.05, 3.63) is 30.1 Å². The first-order valence-electron chi connectivity index (χ1n) is 7.03. The number of amides is 1. The number of hydrogen-bond donors (Lipinski definition) is 1. The molecule has 1 saturated heterocycles. The van der Waals surface area contributed by atoms with Gasteiger partial charge in [0.1, 0.15) is 6.04 Å². The molecule has 0 bridgehead atoms. The first-order valence-corrected chi connectivity index (χ1v) is 7.03. The highest BCUT2D eigenvalue weighted by Gasteiger charge is 2.38. The molecule has 5 nitrogen and oxygen atoms in total. The molecule has 1 aliphatic carbocycles. The van der Waals surface area contributed by atoms with E-state index < -0.39 is 0 Å². The molecule has 0 aromatic carbocycles. The summed E-state index contributed by atoms with van der Waals surface area (Å²) in [7, 11) is 0. The van der Waals surface area contributed by atoms with E-state index in [1.165, 1.54) is 12.8 Å². The maximum atomic E-state index is 12.1. The number of nitrogens with one attached hydrogen (secondary N) is 1. The van der Waals surface area contributed by atoms with Crippen LogP contribution in [0.2, 0.25) is 0 Å². The van der Waals surface area contributed by atoms with Gasteiger partial charge < -0.3 is 9.88 Å². The Morgan fingerprint density at radius 2 is 2.30 bits per heavy atom. The second kappa shape index (κ2) is 5.51. The third kappa shape index (κ3) is 2.75. The largest absolute Gasteiger partial charge is 0.362 e. The summed E-state index contributed by atoms with van der Waals surface area (Å²) in [6, 6.07) is 6.56. The molecule has 1 aromatic rings. The molecule has 5 heteroatoms. The molecule has 0 spiro atoms. The third-order valence-corrected chi connectivity index (χ3v) is 3.93. The molecule has 1 atom stereocenters. The molecule has 1 saturated carbocycles. The average molecular weight is 270 g/mol. The summed E-state index contributed by atoms with van der Waals surface area (Å²) in [5.74, 6) is -0.0182. The summed E-state index contributed by atoms with van der Waals surface area (Å²) >= 11 is 0. The summed E-state index contributed by atoms with van der Waals surface area (Å²) in [4.78, 5) is 19.2. The van der Waals surface area contributed by atoms with Crippen molar-refractivity contribution >= 4 is 12.0 Å². The van der Waals surface area contributed by atoms with Crippen LogP contribution in [0, 0.1) is 11.3 Å². The van der Waals surface area contributed by atoms with Gasteiger partial charge in [-0.25, -0.2) is 0 Å². The number of aromatic amines is 1. The fourth-order valence-electron chi connectivity index (χ4n) is 2.67. The average Bonchev–Trinajstić information content (AvgIpc) is 3.20. The highest BCUT2D eigenvalue weighted by Crippen LogP contribution is 2.30. The van der Waals surface area contributed by atoms with Crippen molar-refractivity contribution in [1.82, 2.24) is 14.8 Å². The number of carbonyl (C=O) groups is 1. The molecule has 2 fully saturated rings. The monoisotopic (exact) mass is 270 g/mol. The van der Waals surface area contributed by atoms with E-state index in [0.717, 1.165) is 12.2 Å². The van der Waals surface area contributed by atoms with Crippen LogP contribution >= 0.6 is 0 Å². The number of hydrogen-bond acceptors (Lipinski definition) is 3. The Bertz CT molecular complexity index is 539. The van der Waals surface area contributed by atoms with E-state index in [1.54, 1.807) is 17.1 Å².